The molecule has 0 aliphatic carbocycles. The van der Waals surface area contributed by atoms with Gasteiger partial charge in [0.1, 0.15) is 5.56 Å². The fraction of sp³-hybridized carbons (Fsp3) is 0.0769. The number of aryl methyl sites for hydroxylation is 1. The Balaban J connectivity index is 2.40. The Morgan fingerprint density at radius 1 is 1.33 bits per heavy atom. The van der Waals surface area contributed by atoms with E-state index in [4.69, 9.17) is 5.11 Å². The van der Waals surface area contributed by atoms with Gasteiger partial charge in [-0.3, -0.25) is 4.98 Å². The molecule has 0 radical (unpaired) electrons. The number of aromatic carboxylic acids is 1. The number of rotatable bonds is 3. The second-order valence-electron chi connectivity index (χ2n) is 3.83. The molecule has 0 spiro atoms. The molecule has 0 bridgehead atoms. The summed E-state index contributed by atoms with van der Waals surface area (Å²) in [6.45, 7) is 1.97. The largest absolute Gasteiger partial charge is 0.478 e. The zero-order valence-electron chi connectivity index (χ0n) is 9.64. The van der Waals surface area contributed by atoms with E-state index in [1.165, 1.54) is 6.20 Å². The highest BCUT2D eigenvalue weighted by atomic mass is 79.9. The molecule has 0 unspecified atom stereocenters. The van der Waals surface area contributed by atoms with E-state index in [1.54, 1.807) is 12.3 Å². The van der Waals surface area contributed by atoms with Crippen molar-refractivity contribution in [3.8, 4) is 0 Å². The summed E-state index contributed by atoms with van der Waals surface area (Å²) in [5.74, 6) is -1.01. The Hall–Kier alpha value is -1.88. The number of aromatic nitrogens is 1. The lowest BCUT2D eigenvalue weighted by atomic mass is 10.2. The van der Waals surface area contributed by atoms with Gasteiger partial charge in [0.15, 0.2) is 0 Å². The molecule has 1 aromatic carbocycles. The fourth-order valence-corrected chi connectivity index (χ4v) is 1.90. The average Bonchev–Trinajstić information content (AvgIpc) is 2.34. The predicted octanol–water partition coefficient (Wildman–Crippen LogP) is 3.59. The number of anilines is 2. The lowest BCUT2D eigenvalue weighted by Crippen LogP contribution is -2.03. The van der Waals surface area contributed by atoms with Crippen molar-refractivity contribution >= 4 is 33.3 Å². The van der Waals surface area contributed by atoms with Crippen LogP contribution in [0.1, 0.15) is 15.9 Å². The molecule has 0 atom stereocenters. The Bertz CT molecular complexity index is 599. The normalized spacial score (nSPS) is 10.1. The first kappa shape index (κ1) is 12.6. The lowest BCUT2D eigenvalue weighted by Gasteiger charge is -2.11. The summed E-state index contributed by atoms with van der Waals surface area (Å²) in [4.78, 5) is 14.9. The first-order chi connectivity index (χ1) is 8.58. The zero-order chi connectivity index (χ0) is 13.1. The van der Waals surface area contributed by atoms with Crippen LogP contribution in [0.2, 0.25) is 0 Å². The zero-order valence-corrected chi connectivity index (χ0v) is 11.2. The maximum absolute atomic E-state index is 11.1. The molecule has 0 aliphatic heterocycles. The molecule has 0 saturated heterocycles. The molecule has 0 amide bonds. The van der Waals surface area contributed by atoms with Crippen molar-refractivity contribution in [3.05, 3.63) is 52.3 Å². The highest BCUT2D eigenvalue weighted by molar-refractivity contribution is 9.10. The van der Waals surface area contributed by atoms with Gasteiger partial charge in [0.05, 0.1) is 11.4 Å². The monoisotopic (exact) mass is 306 g/mol. The molecule has 1 aromatic heterocycles. The highest BCUT2D eigenvalue weighted by Gasteiger charge is 2.10. The quantitative estimate of drug-likeness (QED) is 0.909. The van der Waals surface area contributed by atoms with Crippen LogP contribution in [0.3, 0.4) is 0 Å². The number of nitrogens with zero attached hydrogens (tertiary/aromatic N) is 1. The van der Waals surface area contributed by atoms with Gasteiger partial charge < -0.3 is 10.4 Å². The Kier molecular flexibility index (Phi) is 3.62. The summed E-state index contributed by atoms with van der Waals surface area (Å²) in [5, 5.41) is 12.2. The highest BCUT2D eigenvalue weighted by Crippen LogP contribution is 2.28. The van der Waals surface area contributed by atoms with Crippen LogP contribution in [0.25, 0.3) is 0 Å². The number of carboxylic acid groups (broad SMARTS) is 1. The van der Waals surface area contributed by atoms with Crippen molar-refractivity contribution in [1.82, 2.24) is 4.98 Å². The lowest BCUT2D eigenvalue weighted by molar-refractivity contribution is 0.0697. The molecule has 1 heterocycles. The van der Waals surface area contributed by atoms with Crippen molar-refractivity contribution in [2.75, 3.05) is 5.32 Å². The number of carbonyl (C=O) groups is 1. The van der Waals surface area contributed by atoms with E-state index < -0.39 is 5.97 Å². The van der Waals surface area contributed by atoms with Crippen molar-refractivity contribution in [3.63, 3.8) is 0 Å². The number of carboxylic acids is 1. The van der Waals surface area contributed by atoms with Crippen molar-refractivity contribution in [2.45, 2.75) is 6.92 Å². The van der Waals surface area contributed by atoms with E-state index in [-0.39, 0.29) is 5.56 Å². The maximum atomic E-state index is 11.1. The van der Waals surface area contributed by atoms with Crippen LogP contribution in [0.15, 0.2) is 41.1 Å². The maximum Gasteiger partial charge on any atom is 0.339 e. The minimum Gasteiger partial charge on any atom is -0.478 e. The van der Waals surface area contributed by atoms with Crippen molar-refractivity contribution < 1.29 is 9.90 Å². The van der Waals surface area contributed by atoms with Gasteiger partial charge >= 0.3 is 5.97 Å². The molecular formula is C13H11BrN2O2. The SMILES string of the molecule is Cc1ccc(Br)c(Nc2ccncc2C(=O)O)c1. The Labute approximate surface area is 113 Å². The number of halogens is 1. The molecule has 2 rings (SSSR count). The number of hydrogen-bond acceptors (Lipinski definition) is 3. The predicted molar refractivity (Wildman–Crippen MR) is 73.4 cm³/mol. The number of pyridine rings is 1. The fourth-order valence-electron chi connectivity index (χ4n) is 1.55. The molecule has 18 heavy (non-hydrogen) atoms. The second-order valence-corrected chi connectivity index (χ2v) is 4.69. The Morgan fingerprint density at radius 3 is 2.83 bits per heavy atom. The average molecular weight is 307 g/mol. The van der Waals surface area contributed by atoms with Gasteiger partial charge in [0.2, 0.25) is 0 Å². The van der Waals surface area contributed by atoms with Crippen LogP contribution in [-0.2, 0) is 0 Å². The minimum absolute atomic E-state index is 0.144. The van der Waals surface area contributed by atoms with Crippen LogP contribution in [0.5, 0.6) is 0 Å². The Morgan fingerprint density at radius 2 is 2.11 bits per heavy atom. The van der Waals surface area contributed by atoms with Crippen LogP contribution in [0.4, 0.5) is 11.4 Å². The van der Waals surface area contributed by atoms with Crippen LogP contribution in [0, 0.1) is 6.92 Å². The number of hydrogen-bond donors (Lipinski definition) is 2. The van der Waals surface area contributed by atoms with Gasteiger partial charge in [-0.1, -0.05) is 6.07 Å². The van der Waals surface area contributed by atoms with Crippen molar-refractivity contribution in [1.29, 1.82) is 0 Å². The molecule has 0 saturated carbocycles. The van der Waals surface area contributed by atoms with Gasteiger partial charge in [0.25, 0.3) is 0 Å². The van der Waals surface area contributed by atoms with Crippen molar-refractivity contribution in [2.24, 2.45) is 0 Å². The van der Waals surface area contributed by atoms with Crippen LogP contribution < -0.4 is 5.32 Å². The van der Waals surface area contributed by atoms with E-state index in [0.29, 0.717) is 5.69 Å². The van der Waals surface area contributed by atoms with E-state index in [0.717, 1.165) is 15.7 Å². The van der Waals surface area contributed by atoms with E-state index in [1.807, 2.05) is 25.1 Å². The van der Waals surface area contributed by atoms with E-state index >= 15 is 0 Å². The second kappa shape index (κ2) is 5.18. The summed E-state index contributed by atoms with van der Waals surface area (Å²) in [6, 6.07) is 7.47. The first-order valence-electron chi connectivity index (χ1n) is 5.28. The van der Waals surface area contributed by atoms with Gasteiger partial charge in [-0.2, -0.15) is 0 Å². The molecule has 5 heteroatoms. The third-order valence-electron chi connectivity index (χ3n) is 2.44. The van der Waals surface area contributed by atoms with Gasteiger partial charge in [-0.05, 0) is 46.6 Å². The number of nitrogens with one attached hydrogen (secondary N) is 1. The molecule has 2 N–H and O–H groups in total. The molecule has 0 fully saturated rings. The molecule has 0 aliphatic rings. The topological polar surface area (TPSA) is 62.2 Å². The molecule has 2 aromatic rings. The summed E-state index contributed by atoms with van der Waals surface area (Å²) >= 11 is 3.42. The van der Waals surface area contributed by atoms with E-state index in [9.17, 15) is 4.79 Å². The smallest absolute Gasteiger partial charge is 0.339 e. The molecular weight excluding hydrogens is 296 g/mol. The summed E-state index contributed by atoms with van der Waals surface area (Å²) < 4.78 is 0.876. The standard InChI is InChI=1S/C13H11BrN2O2/c1-8-2-3-10(14)12(6-8)16-11-4-5-15-7-9(11)13(17)18/h2-7H,1H3,(H,15,16)(H,17,18). The first-order valence-corrected chi connectivity index (χ1v) is 6.07. The molecule has 92 valence electrons. The van der Waals surface area contributed by atoms with Gasteiger partial charge in [-0.15, -0.1) is 0 Å². The van der Waals surface area contributed by atoms with E-state index in [2.05, 4.69) is 26.2 Å². The molecule has 4 nitrogen and oxygen atoms in total. The third-order valence-corrected chi connectivity index (χ3v) is 3.13. The van der Waals surface area contributed by atoms with Gasteiger partial charge in [-0.25, -0.2) is 4.79 Å². The van der Waals surface area contributed by atoms with Crippen LogP contribution >= 0.6 is 15.9 Å². The van der Waals surface area contributed by atoms with Gasteiger partial charge in [0, 0.05) is 16.9 Å². The summed E-state index contributed by atoms with van der Waals surface area (Å²) in [7, 11) is 0. The van der Waals surface area contributed by atoms with Crippen LogP contribution in [-0.4, -0.2) is 16.1 Å². The summed E-state index contributed by atoms with van der Waals surface area (Å²) in [5.41, 5.74) is 2.57. The number of benzene rings is 1. The third kappa shape index (κ3) is 2.68. The minimum atomic E-state index is -1.01. The summed E-state index contributed by atoms with van der Waals surface area (Å²) in [6.07, 6.45) is 2.88.